The Balaban J connectivity index is 4.22. The van der Waals surface area contributed by atoms with Crippen LogP contribution in [0.15, 0.2) is 60.8 Å². The van der Waals surface area contributed by atoms with Crippen molar-refractivity contribution in [3.8, 4) is 0 Å². The lowest BCUT2D eigenvalue weighted by Gasteiger charge is -2.18. The van der Waals surface area contributed by atoms with Crippen LogP contribution >= 0.6 is 0 Å². The van der Waals surface area contributed by atoms with Gasteiger partial charge in [-0.3, -0.25) is 14.4 Å². The van der Waals surface area contributed by atoms with Gasteiger partial charge < -0.3 is 14.2 Å². The third-order valence-electron chi connectivity index (χ3n) is 15.5. The SMILES string of the molecule is CC/C=C\C/C=C\C/C=C\C/C=C\CCCCCCCCCCCCCCCCCCC(=O)OCC(COC(=O)CCCCCCC/C=C\CCCCCCC)OC(=O)CCCCCCCCCCCCCCCCCCCC. The minimum absolute atomic E-state index is 0.0714. The Hall–Kier alpha value is -2.89. The van der Waals surface area contributed by atoms with E-state index in [2.05, 4.69) is 81.5 Å². The number of unbranched alkanes of at least 4 members (excludes halogenated alkanes) is 43. The Bertz CT molecular complexity index is 1410. The average Bonchev–Trinajstić information content (AvgIpc) is 3.45. The van der Waals surface area contributed by atoms with Crippen molar-refractivity contribution in [2.45, 2.75) is 374 Å². The summed E-state index contributed by atoms with van der Waals surface area (Å²) in [5.74, 6) is -0.855. The van der Waals surface area contributed by atoms with Crippen LogP contribution in [0.4, 0.5) is 0 Å². The highest BCUT2D eigenvalue weighted by molar-refractivity contribution is 5.71. The number of allylic oxidation sites excluding steroid dienone is 10. The average molecular weight is 1110 g/mol. The zero-order valence-electron chi connectivity index (χ0n) is 52.9. The minimum atomic E-state index is -0.775. The van der Waals surface area contributed by atoms with E-state index in [1.807, 2.05) is 0 Å². The number of rotatable bonds is 64. The van der Waals surface area contributed by atoms with E-state index in [9.17, 15) is 14.4 Å². The van der Waals surface area contributed by atoms with Crippen molar-refractivity contribution in [2.75, 3.05) is 13.2 Å². The first-order valence-electron chi connectivity index (χ1n) is 34.8. The van der Waals surface area contributed by atoms with Crippen LogP contribution in [0.25, 0.3) is 0 Å². The zero-order valence-corrected chi connectivity index (χ0v) is 52.9. The molecule has 0 aromatic rings. The predicted molar refractivity (Wildman–Crippen MR) is 344 cm³/mol. The van der Waals surface area contributed by atoms with Crippen molar-refractivity contribution in [3.63, 3.8) is 0 Å². The molecule has 0 spiro atoms. The quantitative estimate of drug-likeness (QED) is 0.0261. The van der Waals surface area contributed by atoms with E-state index in [-0.39, 0.29) is 31.1 Å². The fourth-order valence-corrected chi connectivity index (χ4v) is 10.3. The molecule has 0 bridgehead atoms. The molecule has 0 aliphatic heterocycles. The second kappa shape index (κ2) is 67.6. The zero-order chi connectivity index (χ0) is 57.1. The molecule has 0 radical (unpaired) electrons. The van der Waals surface area contributed by atoms with Gasteiger partial charge in [-0.05, 0) is 83.5 Å². The van der Waals surface area contributed by atoms with Crippen molar-refractivity contribution < 1.29 is 28.6 Å². The number of ether oxygens (including phenoxy) is 3. The van der Waals surface area contributed by atoms with Gasteiger partial charge in [0.15, 0.2) is 6.10 Å². The lowest BCUT2D eigenvalue weighted by Crippen LogP contribution is -2.30. The second-order valence-electron chi connectivity index (χ2n) is 23.4. The molecule has 1 unspecified atom stereocenters. The number of carbonyl (C=O) groups is 3. The van der Waals surface area contributed by atoms with Gasteiger partial charge in [0.2, 0.25) is 0 Å². The van der Waals surface area contributed by atoms with Crippen molar-refractivity contribution in [2.24, 2.45) is 0 Å². The molecule has 0 aliphatic rings. The first-order chi connectivity index (χ1) is 39.0. The fourth-order valence-electron chi connectivity index (χ4n) is 10.3. The summed E-state index contributed by atoms with van der Waals surface area (Å²) in [5, 5.41) is 0. The molecule has 0 aromatic carbocycles. The second-order valence-corrected chi connectivity index (χ2v) is 23.4. The lowest BCUT2D eigenvalue weighted by molar-refractivity contribution is -0.167. The van der Waals surface area contributed by atoms with Crippen LogP contribution in [-0.4, -0.2) is 37.2 Å². The van der Waals surface area contributed by atoms with E-state index >= 15 is 0 Å². The summed E-state index contributed by atoms with van der Waals surface area (Å²) in [4.78, 5) is 38.4. The van der Waals surface area contributed by atoms with Crippen LogP contribution in [-0.2, 0) is 28.6 Å². The van der Waals surface area contributed by atoms with Crippen LogP contribution in [0.2, 0.25) is 0 Å². The summed E-state index contributed by atoms with van der Waals surface area (Å²) >= 11 is 0. The van der Waals surface area contributed by atoms with E-state index < -0.39 is 6.10 Å². The highest BCUT2D eigenvalue weighted by Gasteiger charge is 2.19. The van der Waals surface area contributed by atoms with E-state index in [4.69, 9.17) is 14.2 Å². The summed E-state index contributed by atoms with van der Waals surface area (Å²) in [6, 6.07) is 0. The number of carbonyl (C=O) groups excluding carboxylic acids is 3. The highest BCUT2D eigenvalue weighted by Crippen LogP contribution is 2.18. The Morgan fingerprint density at radius 1 is 0.266 bits per heavy atom. The Labute approximate surface area is 491 Å². The van der Waals surface area contributed by atoms with Crippen LogP contribution < -0.4 is 0 Å². The first-order valence-corrected chi connectivity index (χ1v) is 34.8. The summed E-state index contributed by atoms with van der Waals surface area (Å²) < 4.78 is 17.0. The molecule has 79 heavy (non-hydrogen) atoms. The number of hydrogen-bond donors (Lipinski definition) is 0. The summed E-state index contributed by atoms with van der Waals surface area (Å²) in [6.45, 7) is 6.57. The molecule has 0 saturated heterocycles. The predicted octanol–water partition coefficient (Wildman–Crippen LogP) is 23.9. The Morgan fingerprint density at radius 3 is 0.785 bits per heavy atom. The Morgan fingerprint density at radius 2 is 0.494 bits per heavy atom. The number of esters is 3. The van der Waals surface area contributed by atoms with Crippen LogP contribution in [0.5, 0.6) is 0 Å². The molecule has 0 heterocycles. The molecule has 0 N–H and O–H groups in total. The molecule has 6 heteroatoms. The maximum atomic E-state index is 12.9. The fraction of sp³-hybridized carbons (Fsp3) is 0.822. The van der Waals surface area contributed by atoms with Gasteiger partial charge in [0.05, 0.1) is 0 Å². The smallest absolute Gasteiger partial charge is 0.306 e. The topological polar surface area (TPSA) is 78.9 Å². The molecular weight excluding hydrogens is 973 g/mol. The van der Waals surface area contributed by atoms with E-state index in [0.717, 1.165) is 89.9 Å². The van der Waals surface area contributed by atoms with Gasteiger partial charge >= 0.3 is 17.9 Å². The van der Waals surface area contributed by atoms with Gasteiger partial charge in [0.25, 0.3) is 0 Å². The van der Waals surface area contributed by atoms with Crippen LogP contribution in [0, 0.1) is 0 Å². The minimum Gasteiger partial charge on any atom is -0.462 e. The van der Waals surface area contributed by atoms with E-state index in [1.165, 1.54) is 238 Å². The van der Waals surface area contributed by atoms with E-state index in [1.54, 1.807) is 0 Å². The van der Waals surface area contributed by atoms with Crippen LogP contribution in [0.1, 0.15) is 367 Å². The number of hydrogen-bond acceptors (Lipinski definition) is 6. The summed E-state index contributed by atoms with van der Waals surface area (Å²) in [7, 11) is 0. The Kier molecular flexibility index (Phi) is 65.1. The third-order valence-corrected chi connectivity index (χ3v) is 15.5. The van der Waals surface area contributed by atoms with Crippen molar-refractivity contribution in [3.05, 3.63) is 60.8 Å². The third kappa shape index (κ3) is 65.8. The summed E-state index contributed by atoms with van der Waals surface area (Å²) in [5.41, 5.74) is 0. The maximum Gasteiger partial charge on any atom is 0.306 e. The van der Waals surface area contributed by atoms with Crippen molar-refractivity contribution in [1.29, 1.82) is 0 Å². The van der Waals surface area contributed by atoms with Gasteiger partial charge in [-0.2, -0.15) is 0 Å². The first kappa shape index (κ1) is 76.1. The molecule has 0 aliphatic carbocycles. The molecule has 0 rings (SSSR count). The molecule has 0 amide bonds. The van der Waals surface area contributed by atoms with E-state index in [0.29, 0.717) is 19.3 Å². The highest BCUT2D eigenvalue weighted by atomic mass is 16.6. The maximum absolute atomic E-state index is 12.9. The largest absolute Gasteiger partial charge is 0.462 e. The van der Waals surface area contributed by atoms with Crippen LogP contribution in [0.3, 0.4) is 0 Å². The van der Waals surface area contributed by atoms with Crippen molar-refractivity contribution in [1.82, 2.24) is 0 Å². The van der Waals surface area contributed by atoms with Gasteiger partial charge in [0.1, 0.15) is 13.2 Å². The molecule has 0 aromatic heterocycles. The standard InChI is InChI=1S/C73H132O6/c1-4-7-10-13-16-19-22-25-28-30-32-33-34-35-36-37-38-39-40-41-42-44-45-48-51-54-57-60-63-66-72(75)78-69-70(68-77-71(74)65-62-59-56-53-50-47-27-24-21-18-15-12-9-6-3)79-73(76)67-64-61-58-55-52-49-46-43-31-29-26-23-20-17-14-11-8-5-2/h7,10,16,19,24-25,27-28,32-33,70H,4-6,8-9,11-15,17-18,20-23,26,29-31,34-69H2,1-3H3/b10-7-,19-16-,27-24-,28-25-,33-32-. The summed E-state index contributed by atoms with van der Waals surface area (Å²) in [6.07, 6.45) is 86.7. The molecular formula is C73H132O6. The van der Waals surface area contributed by atoms with Gasteiger partial charge in [0, 0.05) is 19.3 Å². The molecule has 6 nitrogen and oxygen atoms in total. The molecule has 460 valence electrons. The molecule has 1 atom stereocenters. The van der Waals surface area contributed by atoms with Gasteiger partial charge in [-0.25, -0.2) is 0 Å². The van der Waals surface area contributed by atoms with Gasteiger partial charge in [-0.1, -0.05) is 326 Å². The molecule has 0 saturated carbocycles. The molecule has 0 fully saturated rings. The monoisotopic (exact) mass is 1110 g/mol. The van der Waals surface area contributed by atoms with Gasteiger partial charge in [-0.15, -0.1) is 0 Å². The normalized spacial score (nSPS) is 12.4. The lowest BCUT2D eigenvalue weighted by atomic mass is 10.0. The van der Waals surface area contributed by atoms with Crippen molar-refractivity contribution >= 4 is 17.9 Å².